The van der Waals surface area contributed by atoms with Gasteiger partial charge in [-0.05, 0) is 38.1 Å². The van der Waals surface area contributed by atoms with Gasteiger partial charge in [-0.2, -0.15) is 8.42 Å². The van der Waals surface area contributed by atoms with Crippen LogP contribution in [0.25, 0.3) is 0 Å². The third-order valence-corrected chi connectivity index (χ3v) is 3.92. The van der Waals surface area contributed by atoms with E-state index in [-0.39, 0.29) is 10.6 Å². The van der Waals surface area contributed by atoms with Crippen molar-refractivity contribution in [1.82, 2.24) is 0 Å². The smallest absolute Gasteiger partial charge is 0.339 e. The summed E-state index contributed by atoms with van der Waals surface area (Å²) in [4.78, 5) is 0.140. The van der Waals surface area contributed by atoms with Crippen molar-refractivity contribution >= 4 is 15.8 Å². The monoisotopic (exact) mass is 290 g/mol. The zero-order valence-corrected chi connectivity index (χ0v) is 12.2. The molecule has 0 unspecified atom stereocenters. The molecule has 1 radical (unpaired) electrons. The van der Waals surface area contributed by atoms with Crippen molar-refractivity contribution in [2.45, 2.75) is 18.7 Å². The summed E-state index contributed by atoms with van der Waals surface area (Å²) >= 11 is 0. The molecule has 0 heterocycles. The molecule has 4 nitrogen and oxygen atoms in total. The minimum Gasteiger partial charge on any atom is -0.385 e. The lowest BCUT2D eigenvalue weighted by Gasteiger charge is -2.09. The lowest BCUT2D eigenvalue weighted by Crippen LogP contribution is -2.10. The second-order valence-corrected chi connectivity index (χ2v) is 5.87. The Kier molecular flexibility index (Phi) is 4.29. The molecule has 0 spiro atoms. The van der Waals surface area contributed by atoms with Gasteiger partial charge in [0.1, 0.15) is 10.6 Å². The standard InChI is InChI=1S/C15H16NO3S/c1-3-16-13-5-4-6-14(11-13)19-20(17,18)15-9-7-12(2)8-10-15/h4,6-11,16H,3H2,1-2H3. The maximum Gasteiger partial charge on any atom is 0.339 e. The van der Waals surface area contributed by atoms with Crippen LogP contribution in [-0.4, -0.2) is 15.0 Å². The van der Waals surface area contributed by atoms with Gasteiger partial charge < -0.3 is 9.50 Å². The highest BCUT2D eigenvalue weighted by Crippen LogP contribution is 2.21. The van der Waals surface area contributed by atoms with Crippen molar-refractivity contribution in [2.75, 3.05) is 11.9 Å². The Morgan fingerprint density at radius 1 is 1.20 bits per heavy atom. The maximum atomic E-state index is 12.1. The number of nitrogens with one attached hydrogen (secondary N) is 1. The molecule has 1 N–H and O–H groups in total. The van der Waals surface area contributed by atoms with Crippen LogP contribution in [0.15, 0.2) is 47.4 Å². The molecule has 5 heteroatoms. The van der Waals surface area contributed by atoms with Crippen molar-refractivity contribution in [3.63, 3.8) is 0 Å². The molecule has 0 bridgehead atoms. The first kappa shape index (κ1) is 14.4. The Labute approximate surface area is 119 Å². The van der Waals surface area contributed by atoms with Crippen LogP contribution < -0.4 is 9.50 Å². The van der Waals surface area contributed by atoms with Gasteiger partial charge in [-0.1, -0.05) is 17.7 Å². The quantitative estimate of drug-likeness (QED) is 0.860. The van der Waals surface area contributed by atoms with E-state index in [4.69, 9.17) is 4.18 Å². The molecule has 20 heavy (non-hydrogen) atoms. The Bertz CT molecular complexity index is 679. The molecule has 0 aliphatic carbocycles. The van der Waals surface area contributed by atoms with Crippen molar-refractivity contribution in [1.29, 1.82) is 0 Å². The van der Waals surface area contributed by atoms with E-state index >= 15 is 0 Å². The van der Waals surface area contributed by atoms with Crippen LogP contribution in [0, 0.1) is 13.0 Å². The van der Waals surface area contributed by atoms with Crippen LogP contribution in [0.4, 0.5) is 5.69 Å². The van der Waals surface area contributed by atoms with E-state index < -0.39 is 10.1 Å². The topological polar surface area (TPSA) is 55.4 Å². The number of rotatable bonds is 5. The fraction of sp³-hybridized carbons (Fsp3) is 0.200. The van der Waals surface area contributed by atoms with E-state index in [1.54, 1.807) is 30.3 Å². The Hall–Kier alpha value is -2.01. The number of benzene rings is 2. The summed E-state index contributed by atoms with van der Waals surface area (Å²) in [6, 6.07) is 14.3. The largest absolute Gasteiger partial charge is 0.385 e. The Morgan fingerprint density at radius 2 is 1.90 bits per heavy atom. The van der Waals surface area contributed by atoms with Crippen LogP contribution in [0.5, 0.6) is 5.75 Å². The van der Waals surface area contributed by atoms with E-state index in [9.17, 15) is 8.42 Å². The maximum absolute atomic E-state index is 12.1. The van der Waals surface area contributed by atoms with Gasteiger partial charge in [-0.25, -0.2) is 0 Å². The number of anilines is 1. The summed E-state index contributed by atoms with van der Waals surface area (Å²) in [7, 11) is -3.80. The summed E-state index contributed by atoms with van der Waals surface area (Å²) in [6.07, 6.45) is 0. The first-order chi connectivity index (χ1) is 9.51. The van der Waals surface area contributed by atoms with Gasteiger partial charge in [0, 0.05) is 24.4 Å². The number of hydrogen-bond acceptors (Lipinski definition) is 4. The highest BCUT2D eigenvalue weighted by molar-refractivity contribution is 7.87. The van der Waals surface area contributed by atoms with Gasteiger partial charge in [0.05, 0.1) is 0 Å². The highest BCUT2D eigenvalue weighted by atomic mass is 32.2. The summed E-state index contributed by atoms with van der Waals surface area (Å²) < 4.78 is 29.4. The predicted octanol–water partition coefficient (Wildman–Crippen LogP) is 2.99. The van der Waals surface area contributed by atoms with Gasteiger partial charge in [0.15, 0.2) is 0 Å². The lowest BCUT2D eigenvalue weighted by molar-refractivity contribution is 0.486. The van der Waals surface area contributed by atoms with Crippen LogP contribution >= 0.6 is 0 Å². The van der Waals surface area contributed by atoms with Crippen molar-refractivity contribution in [3.05, 3.63) is 54.1 Å². The first-order valence-electron chi connectivity index (χ1n) is 6.28. The molecule has 0 saturated carbocycles. The first-order valence-corrected chi connectivity index (χ1v) is 7.69. The molecule has 0 aliphatic heterocycles. The molecule has 0 saturated heterocycles. The zero-order valence-electron chi connectivity index (χ0n) is 11.4. The van der Waals surface area contributed by atoms with E-state index in [0.717, 1.165) is 12.1 Å². The molecule has 0 amide bonds. The third kappa shape index (κ3) is 3.51. The van der Waals surface area contributed by atoms with Gasteiger partial charge >= 0.3 is 10.1 Å². The highest BCUT2D eigenvalue weighted by Gasteiger charge is 2.16. The minimum absolute atomic E-state index is 0.140. The molecule has 105 valence electrons. The number of aryl methyl sites for hydroxylation is 1. The summed E-state index contributed by atoms with van der Waals surface area (Å²) in [5.41, 5.74) is 1.69. The SMILES string of the molecule is CCNc1[c]ccc(OS(=O)(=O)c2ccc(C)cc2)c1. The van der Waals surface area contributed by atoms with E-state index in [1.165, 1.54) is 12.1 Å². The average Bonchev–Trinajstić information content (AvgIpc) is 2.39. The summed E-state index contributed by atoms with van der Waals surface area (Å²) in [5.74, 6) is 0.264. The molecular formula is C15H16NO3S. The normalized spacial score (nSPS) is 11.1. The van der Waals surface area contributed by atoms with Gasteiger partial charge in [-0.15, -0.1) is 0 Å². The molecule has 2 aromatic rings. The van der Waals surface area contributed by atoms with Crippen LogP contribution in [-0.2, 0) is 10.1 Å². The van der Waals surface area contributed by atoms with Crippen LogP contribution in [0.3, 0.4) is 0 Å². The third-order valence-electron chi connectivity index (χ3n) is 2.66. The molecule has 2 rings (SSSR count). The van der Waals surface area contributed by atoms with Crippen molar-refractivity contribution in [2.24, 2.45) is 0 Å². The van der Waals surface area contributed by atoms with Gasteiger partial charge in [0.2, 0.25) is 0 Å². The van der Waals surface area contributed by atoms with Crippen LogP contribution in [0.1, 0.15) is 12.5 Å². The molecule has 2 aromatic carbocycles. The average molecular weight is 290 g/mol. The fourth-order valence-corrected chi connectivity index (χ4v) is 2.59. The minimum atomic E-state index is -3.80. The Balaban J connectivity index is 2.24. The molecule has 0 fully saturated rings. The molecule has 0 aliphatic rings. The molecular weight excluding hydrogens is 274 g/mol. The van der Waals surface area contributed by atoms with Gasteiger partial charge in [-0.3, -0.25) is 0 Å². The van der Waals surface area contributed by atoms with E-state index in [2.05, 4.69) is 11.4 Å². The van der Waals surface area contributed by atoms with E-state index in [0.29, 0.717) is 5.69 Å². The second-order valence-electron chi connectivity index (χ2n) is 4.32. The summed E-state index contributed by atoms with van der Waals surface area (Å²) in [6.45, 7) is 4.57. The zero-order chi connectivity index (χ0) is 14.6. The lowest BCUT2D eigenvalue weighted by atomic mass is 10.2. The second kappa shape index (κ2) is 5.96. The van der Waals surface area contributed by atoms with Crippen LogP contribution in [0.2, 0.25) is 0 Å². The predicted molar refractivity (Wildman–Crippen MR) is 78.4 cm³/mol. The van der Waals surface area contributed by atoms with Crippen molar-refractivity contribution < 1.29 is 12.6 Å². The molecule has 0 aromatic heterocycles. The molecule has 0 atom stereocenters. The number of hydrogen-bond donors (Lipinski definition) is 1. The van der Waals surface area contributed by atoms with Crippen molar-refractivity contribution in [3.8, 4) is 5.75 Å². The fourth-order valence-electron chi connectivity index (χ4n) is 1.67. The van der Waals surface area contributed by atoms with Gasteiger partial charge in [0.25, 0.3) is 0 Å². The summed E-state index contributed by atoms with van der Waals surface area (Å²) in [5, 5.41) is 3.05. The Morgan fingerprint density at radius 3 is 2.55 bits per heavy atom. The van der Waals surface area contributed by atoms with E-state index in [1.807, 2.05) is 13.8 Å².